The van der Waals surface area contributed by atoms with E-state index in [0.29, 0.717) is 21.9 Å². The number of hydrogen-bond acceptors (Lipinski definition) is 5. The molecule has 0 aliphatic carbocycles. The van der Waals surface area contributed by atoms with Crippen molar-refractivity contribution in [3.8, 4) is 0 Å². The molecule has 4 nitrogen and oxygen atoms in total. The topological polar surface area (TPSA) is 48.3 Å². The summed E-state index contributed by atoms with van der Waals surface area (Å²) in [7, 11) is 1.22. The second-order valence-corrected chi connectivity index (χ2v) is 9.06. The van der Waals surface area contributed by atoms with Crippen molar-refractivity contribution in [2.24, 2.45) is 0 Å². The number of carbonyl (C=O) groups is 1. The fraction of sp³-hybridized carbons (Fsp3) is 0.120. The third-order valence-corrected chi connectivity index (χ3v) is 7.25. The Bertz CT molecular complexity index is 1340. The average molecular weight is 466 g/mol. The largest absolute Gasteiger partial charge is 0.465 e. The Balaban J connectivity index is 2.04. The van der Waals surface area contributed by atoms with Crippen molar-refractivity contribution in [2.75, 3.05) is 7.11 Å². The molecule has 3 aromatic carbocycles. The molecule has 0 unspecified atom stereocenters. The summed E-state index contributed by atoms with van der Waals surface area (Å²) in [5.41, 5.74) is -0.0548. The minimum absolute atomic E-state index is 0.111. The zero-order valence-corrected chi connectivity index (χ0v) is 19.1. The number of methoxy groups -OCH3 is 1. The molecule has 0 saturated heterocycles. The van der Waals surface area contributed by atoms with Crippen molar-refractivity contribution in [2.45, 2.75) is 33.1 Å². The molecular weight excluding hydrogens is 445 g/mol. The van der Waals surface area contributed by atoms with Gasteiger partial charge in [-0.3, -0.25) is 4.79 Å². The number of ether oxygens (including phenoxy) is 1. The summed E-state index contributed by atoms with van der Waals surface area (Å²) < 4.78 is 22.1. The van der Waals surface area contributed by atoms with Gasteiger partial charge in [-0.05, 0) is 37.3 Å². The Morgan fingerprint density at radius 3 is 2.06 bits per heavy atom. The first kappa shape index (κ1) is 22.2. The number of fused-ring (bicyclic) bond motifs is 1. The van der Waals surface area contributed by atoms with E-state index in [0.717, 1.165) is 9.79 Å². The molecule has 1 heterocycles. The average Bonchev–Trinajstić information content (AvgIpc) is 2.82. The van der Waals surface area contributed by atoms with Crippen LogP contribution in [0, 0.1) is 5.82 Å². The number of aromatic nitrogens is 1. The Morgan fingerprint density at radius 1 is 0.969 bits per heavy atom. The number of carbonyl (C=O) groups excluding carboxylic acids is 1. The molecule has 0 aliphatic heterocycles. The third-order valence-electron chi connectivity index (χ3n) is 4.90. The van der Waals surface area contributed by atoms with Crippen molar-refractivity contribution < 1.29 is 13.9 Å². The van der Waals surface area contributed by atoms with Gasteiger partial charge in [0.15, 0.2) is 0 Å². The molecule has 0 radical (unpaired) electrons. The fourth-order valence-electron chi connectivity index (χ4n) is 3.39. The number of esters is 1. The van der Waals surface area contributed by atoms with Gasteiger partial charge in [0.1, 0.15) is 11.4 Å². The summed E-state index contributed by atoms with van der Waals surface area (Å²) in [6.45, 7) is 2.40. The molecule has 162 valence electrons. The lowest BCUT2D eigenvalue weighted by atomic mass is 10.1. The van der Waals surface area contributed by atoms with Crippen molar-refractivity contribution in [1.29, 1.82) is 0 Å². The molecule has 0 aliphatic rings. The second kappa shape index (κ2) is 9.63. The highest BCUT2D eigenvalue weighted by molar-refractivity contribution is 8.02. The van der Waals surface area contributed by atoms with Gasteiger partial charge in [0, 0.05) is 22.5 Å². The first-order valence-electron chi connectivity index (χ1n) is 9.97. The standard InChI is InChI=1S/C25H20FNO3S2/c1-3-27-15-19(25(29)30-2)22(28)18-14-20(26)23(31-16-10-6-4-7-11-16)24(21(18)27)32-17-12-8-5-9-13-17/h4-15H,3H2,1-2H3. The first-order valence-corrected chi connectivity index (χ1v) is 11.6. The van der Waals surface area contributed by atoms with E-state index in [-0.39, 0.29) is 10.9 Å². The number of nitrogens with zero attached hydrogens (tertiary/aromatic N) is 1. The Labute approximate surface area is 193 Å². The molecule has 7 heteroatoms. The zero-order valence-electron chi connectivity index (χ0n) is 17.5. The monoisotopic (exact) mass is 465 g/mol. The lowest BCUT2D eigenvalue weighted by molar-refractivity contribution is 0.0598. The molecule has 0 amide bonds. The maximum atomic E-state index is 15.5. The molecule has 1 aromatic heterocycles. The summed E-state index contributed by atoms with van der Waals surface area (Å²) >= 11 is 2.71. The van der Waals surface area contributed by atoms with E-state index < -0.39 is 17.2 Å². The minimum atomic E-state index is -0.737. The highest BCUT2D eigenvalue weighted by atomic mass is 32.2. The summed E-state index contributed by atoms with van der Waals surface area (Å²) in [6.07, 6.45) is 1.50. The number of benzene rings is 3. The maximum absolute atomic E-state index is 15.5. The van der Waals surface area contributed by atoms with E-state index in [1.54, 1.807) is 0 Å². The van der Waals surface area contributed by atoms with Crippen LogP contribution in [0.1, 0.15) is 17.3 Å². The SMILES string of the molecule is CCn1cc(C(=O)OC)c(=O)c2cc(F)c(Sc3ccccc3)c(Sc3ccccc3)c21. The molecule has 0 atom stereocenters. The van der Waals surface area contributed by atoms with Gasteiger partial charge >= 0.3 is 5.97 Å². The summed E-state index contributed by atoms with van der Waals surface area (Å²) in [5.74, 6) is -1.24. The Kier molecular flexibility index (Phi) is 6.67. The van der Waals surface area contributed by atoms with E-state index in [2.05, 4.69) is 0 Å². The van der Waals surface area contributed by atoms with Crippen LogP contribution in [0.25, 0.3) is 10.9 Å². The number of pyridine rings is 1. The quantitative estimate of drug-likeness (QED) is 0.315. The van der Waals surface area contributed by atoms with Crippen molar-refractivity contribution >= 4 is 40.4 Å². The predicted molar refractivity (Wildman–Crippen MR) is 126 cm³/mol. The lowest BCUT2D eigenvalue weighted by Crippen LogP contribution is -2.20. The lowest BCUT2D eigenvalue weighted by Gasteiger charge is -2.18. The van der Waals surface area contributed by atoms with E-state index in [1.807, 2.05) is 72.2 Å². The van der Waals surface area contributed by atoms with Gasteiger partial charge in [0.05, 0.1) is 27.8 Å². The summed E-state index contributed by atoms with van der Waals surface area (Å²) in [5, 5.41) is 0.156. The smallest absolute Gasteiger partial charge is 0.343 e. The number of halogens is 1. The van der Waals surface area contributed by atoms with Gasteiger partial charge in [0.2, 0.25) is 5.43 Å². The Morgan fingerprint density at radius 2 is 1.53 bits per heavy atom. The van der Waals surface area contributed by atoms with Gasteiger partial charge < -0.3 is 9.30 Å². The maximum Gasteiger partial charge on any atom is 0.343 e. The van der Waals surface area contributed by atoms with Crippen LogP contribution in [-0.4, -0.2) is 17.6 Å². The third kappa shape index (κ3) is 4.31. The van der Waals surface area contributed by atoms with Gasteiger partial charge in [0.25, 0.3) is 0 Å². The summed E-state index contributed by atoms with van der Waals surface area (Å²) in [4.78, 5) is 28.2. The predicted octanol–water partition coefficient (Wildman–Crippen LogP) is 6.25. The molecule has 4 rings (SSSR count). The van der Waals surface area contributed by atoms with Crippen LogP contribution in [0.5, 0.6) is 0 Å². The molecule has 32 heavy (non-hydrogen) atoms. The van der Waals surface area contributed by atoms with Crippen LogP contribution in [0.2, 0.25) is 0 Å². The van der Waals surface area contributed by atoms with Gasteiger partial charge in [-0.25, -0.2) is 9.18 Å². The molecule has 0 saturated carbocycles. The molecular formula is C25H20FNO3S2. The van der Waals surface area contributed by atoms with Gasteiger partial charge in [-0.2, -0.15) is 0 Å². The van der Waals surface area contributed by atoms with E-state index in [1.165, 1.54) is 42.9 Å². The van der Waals surface area contributed by atoms with Gasteiger partial charge in [-0.15, -0.1) is 0 Å². The van der Waals surface area contributed by atoms with Crippen LogP contribution in [0.15, 0.2) is 97.3 Å². The van der Waals surface area contributed by atoms with Crippen LogP contribution < -0.4 is 5.43 Å². The number of hydrogen-bond donors (Lipinski definition) is 0. The normalized spacial score (nSPS) is 11.0. The fourth-order valence-corrected chi connectivity index (χ4v) is 5.56. The highest BCUT2D eigenvalue weighted by Gasteiger charge is 2.23. The molecule has 0 fully saturated rings. The minimum Gasteiger partial charge on any atom is -0.465 e. The van der Waals surface area contributed by atoms with Crippen molar-refractivity contribution in [1.82, 2.24) is 4.57 Å². The van der Waals surface area contributed by atoms with Crippen molar-refractivity contribution in [3.63, 3.8) is 0 Å². The number of rotatable bonds is 6. The zero-order chi connectivity index (χ0) is 22.7. The summed E-state index contributed by atoms with van der Waals surface area (Å²) in [6, 6.07) is 20.4. The van der Waals surface area contributed by atoms with E-state index in [4.69, 9.17) is 4.74 Å². The molecule has 4 aromatic rings. The number of aryl methyl sites for hydroxylation is 1. The van der Waals surface area contributed by atoms with E-state index >= 15 is 4.39 Å². The van der Waals surface area contributed by atoms with E-state index in [9.17, 15) is 9.59 Å². The van der Waals surface area contributed by atoms with Crippen LogP contribution in [0.3, 0.4) is 0 Å². The second-order valence-electron chi connectivity index (χ2n) is 6.89. The molecule has 0 bridgehead atoms. The van der Waals surface area contributed by atoms with Gasteiger partial charge in [-0.1, -0.05) is 59.9 Å². The van der Waals surface area contributed by atoms with Crippen LogP contribution in [0.4, 0.5) is 4.39 Å². The van der Waals surface area contributed by atoms with Crippen LogP contribution in [-0.2, 0) is 11.3 Å². The van der Waals surface area contributed by atoms with Crippen LogP contribution >= 0.6 is 23.5 Å². The van der Waals surface area contributed by atoms with Crippen molar-refractivity contribution in [3.05, 3.63) is 94.5 Å². The first-order chi connectivity index (χ1) is 15.5. The molecule has 0 spiro atoms. The Hall–Kier alpha value is -3.03. The highest BCUT2D eigenvalue weighted by Crippen LogP contribution is 2.44. The molecule has 0 N–H and O–H groups in total.